The van der Waals surface area contributed by atoms with Crippen LogP contribution in [0.5, 0.6) is 0 Å². The van der Waals surface area contributed by atoms with Gasteiger partial charge >= 0.3 is 0 Å². The van der Waals surface area contributed by atoms with Gasteiger partial charge in [-0.2, -0.15) is 0 Å². The lowest BCUT2D eigenvalue weighted by atomic mass is 10.1. The number of benzene rings is 1. The van der Waals surface area contributed by atoms with E-state index < -0.39 is 0 Å². The molecule has 0 spiro atoms. The molecule has 2 unspecified atom stereocenters. The fraction of sp³-hybridized carbons (Fsp3) is 0.588. The molecule has 0 N–H and O–H groups in total. The summed E-state index contributed by atoms with van der Waals surface area (Å²) in [4.78, 5) is 12.1. The zero-order valence-corrected chi connectivity index (χ0v) is 12.4. The fourth-order valence-electron chi connectivity index (χ4n) is 2.17. The van der Waals surface area contributed by atoms with Crippen molar-refractivity contribution in [3.8, 4) is 0 Å². The van der Waals surface area contributed by atoms with Crippen LogP contribution in [0.1, 0.15) is 63.2 Å². The van der Waals surface area contributed by atoms with Gasteiger partial charge in [-0.15, -0.1) is 0 Å². The molecular formula is C17H26O2. The predicted molar refractivity (Wildman–Crippen MR) is 79.5 cm³/mol. The third-order valence-electron chi connectivity index (χ3n) is 3.33. The van der Waals surface area contributed by atoms with Crippen LogP contribution < -0.4 is 0 Å². The van der Waals surface area contributed by atoms with E-state index in [0.29, 0.717) is 0 Å². The number of ether oxygens (including phenoxy) is 1. The molecule has 0 aromatic heterocycles. The highest BCUT2D eigenvalue weighted by atomic mass is 16.5. The summed E-state index contributed by atoms with van der Waals surface area (Å²) < 4.78 is 5.80. The number of hydrogen-bond donors (Lipinski definition) is 0. The summed E-state index contributed by atoms with van der Waals surface area (Å²) in [5, 5.41) is 0. The number of ketones is 1. The molecule has 0 aliphatic heterocycles. The first kappa shape index (κ1) is 15.9. The Hall–Kier alpha value is -1.15. The first-order valence-corrected chi connectivity index (χ1v) is 7.39. The second kappa shape index (κ2) is 8.87. The zero-order valence-electron chi connectivity index (χ0n) is 12.4. The molecule has 0 fully saturated rings. The van der Waals surface area contributed by atoms with Crippen LogP contribution in [0.25, 0.3) is 0 Å². The summed E-state index contributed by atoms with van der Waals surface area (Å²) >= 11 is 0. The molecule has 0 saturated heterocycles. The van der Waals surface area contributed by atoms with Crippen molar-refractivity contribution in [3.05, 3.63) is 35.9 Å². The fourth-order valence-corrected chi connectivity index (χ4v) is 2.17. The number of unbranched alkanes of at least 4 members (excludes halogenated alkanes) is 3. The number of hydrogen-bond acceptors (Lipinski definition) is 2. The van der Waals surface area contributed by atoms with Gasteiger partial charge < -0.3 is 4.74 Å². The van der Waals surface area contributed by atoms with Gasteiger partial charge in [0.2, 0.25) is 0 Å². The number of carbonyl (C=O) groups is 1. The van der Waals surface area contributed by atoms with Crippen molar-refractivity contribution in [1.82, 2.24) is 0 Å². The topological polar surface area (TPSA) is 26.3 Å². The minimum Gasteiger partial charge on any atom is -0.367 e. The Kier molecular flexibility index (Phi) is 7.42. The Morgan fingerprint density at radius 3 is 2.42 bits per heavy atom. The van der Waals surface area contributed by atoms with E-state index >= 15 is 0 Å². The quantitative estimate of drug-likeness (QED) is 0.479. The van der Waals surface area contributed by atoms with Crippen LogP contribution in [0.3, 0.4) is 0 Å². The highest BCUT2D eigenvalue weighted by Gasteiger charge is 2.17. The summed E-state index contributed by atoms with van der Waals surface area (Å²) in [6.07, 6.45) is 5.80. The van der Waals surface area contributed by atoms with E-state index in [1.54, 1.807) is 0 Å². The Labute approximate surface area is 117 Å². The van der Waals surface area contributed by atoms with Crippen molar-refractivity contribution in [3.63, 3.8) is 0 Å². The summed E-state index contributed by atoms with van der Waals surface area (Å²) in [5.41, 5.74) is 0.730. The van der Waals surface area contributed by atoms with Crippen molar-refractivity contribution >= 4 is 5.78 Å². The van der Waals surface area contributed by atoms with Crippen LogP contribution in [-0.4, -0.2) is 18.0 Å². The molecule has 0 bridgehead atoms. The van der Waals surface area contributed by atoms with Gasteiger partial charge in [0.25, 0.3) is 0 Å². The third kappa shape index (κ3) is 6.02. The first-order chi connectivity index (χ1) is 9.15. The van der Waals surface area contributed by atoms with Crippen LogP contribution in [-0.2, 0) is 4.74 Å². The van der Waals surface area contributed by atoms with E-state index in [1.165, 1.54) is 25.7 Å². The van der Waals surface area contributed by atoms with E-state index in [-0.39, 0.29) is 18.0 Å². The first-order valence-electron chi connectivity index (χ1n) is 7.39. The minimum absolute atomic E-state index is 0.0704. The Morgan fingerprint density at radius 1 is 1.11 bits per heavy atom. The van der Waals surface area contributed by atoms with Gasteiger partial charge in [-0.05, 0) is 20.3 Å². The number of Topliss-reactive ketones (excluding diaryl/α,β-unsaturated/α-hetero) is 1. The molecule has 0 heterocycles. The molecule has 1 rings (SSSR count). The van der Waals surface area contributed by atoms with E-state index in [1.807, 2.05) is 37.3 Å². The second-order valence-corrected chi connectivity index (χ2v) is 5.17. The molecule has 2 heteroatoms. The molecule has 0 aliphatic carbocycles. The summed E-state index contributed by atoms with van der Waals surface area (Å²) in [6.45, 7) is 6.11. The van der Waals surface area contributed by atoms with Gasteiger partial charge in [0, 0.05) is 5.56 Å². The Morgan fingerprint density at radius 2 is 1.79 bits per heavy atom. The van der Waals surface area contributed by atoms with Crippen LogP contribution in [0, 0.1) is 0 Å². The summed E-state index contributed by atoms with van der Waals surface area (Å²) in [7, 11) is 0. The average molecular weight is 262 g/mol. The Bertz CT molecular complexity index is 359. The molecule has 2 atom stereocenters. The van der Waals surface area contributed by atoms with Crippen LogP contribution in [0.2, 0.25) is 0 Å². The molecule has 1 aromatic rings. The van der Waals surface area contributed by atoms with E-state index in [4.69, 9.17) is 4.74 Å². The summed E-state index contributed by atoms with van der Waals surface area (Å²) in [5.74, 6) is 0.0704. The van der Waals surface area contributed by atoms with Gasteiger partial charge in [0.05, 0.1) is 6.10 Å². The lowest BCUT2D eigenvalue weighted by Gasteiger charge is -2.18. The highest BCUT2D eigenvalue weighted by molar-refractivity contribution is 5.99. The van der Waals surface area contributed by atoms with Crippen LogP contribution >= 0.6 is 0 Å². The average Bonchev–Trinajstić information content (AvgIpc) is 2.43. The lowest BCUT2D eigenvalue weighted by Crippen LogP contribution is -2.25. The summed E-state index contributed by atoms with van der Waals surface area (Å²) in [6, 6.07) is 9.36. The molecule has 106 valence electrons. The molecule has 0 saturated carbocycles. The smallest absolute Gasteiger partial charge is 0.191 e. The van der Waals surface area contributed by atoms with E-state index in [9.17, 15) is 4.79 Å². The third-order valence-corrected chi connectivity index (χ3v) is 3.33. The molecule has 0 radical (unpaired) electrons. The van der Waals surface area contributed by atoms with E-state index in [2.05, 4.69) is 13.8 Å². The van der Waals surface area contributed by atoms with Crippen LogP contribution in [0.4, 0.5) is 0 Å². The van der Waals surface area contributed by atoms with Gasteiger partial charge in [-0.25, -0.2) is 0 Å². The minimum atomic E-state index is -0.358. The van der Waals surface area contributed by atoms with Gasteiger partial charge in [0.1, 0.15) is 6.10 Å². The van der Waals surface area contributed by atoms with Crippen molar-refractivity contribution in [2.75, 3.05) is 0 Å². The molecule has 19 heavy (non-hydrogen) atoms. The second-order valence-electron chi connectivity index (χ2n) is 5.17. The number of rotatable bonds is 9. The maximum absolute atomic E-state index is 12.1. The maximum atomic E-state index is 12.1. The van der Waals surface area contributed by atoms with Gasteiger partial charge in [-0.1, -0.05) is 62.9 Å². The lowest BCUT2D eigenvalue weighted by molar-refractivity contribution is 0.00834. The standard InChI is InChI=1S/C17H26O2/c1-4-5-6-8-11-14(2)19-15(3)17(18)16-12-9-7-10-13-16/h7,9-10,12-15H,4-6,8,11H2,1-3H3. The molecular weight excluding hydrogens is 236 g/mol. The normalized spacial score (nSPS) is 14.1. The van der Waals surface area contributed by atoms with Crippen molar-refractivity contribution < 1.29 is 9.53 Å². The zero-order chi connectivity index (χ0) is 14.1. The molecule has 2 nitrogen and oxygen atoms in total. The monoisotopic (exact) mass is 262 g/mol. The van der Waals surface area contributed by atoms with Gasteiger partial charge in [0.15, 0.2) is 5.78 Å². The Balaban J connectivity index is 2.33. The van der Waals surface area contributed by atoms with Crippen molar-refractivity contribution in [2.45, 2.75) is 65.1 Å². The largest absolute Gasteiger partial charge is 0.367 e. The number of carbonyl (C=O) groups excluding carboxylic acids is 1. The van der Waals surface area contributed by atoms with Gasteiger partial charge in [-0.3, -0.25) is 4.79 Å². The predicted octanol–water partition coefficient (Wildman–Crippen LogP) is 4.63. The molecule has 0 aliphatic rings. The SMILES string of the molecule is CCCCCCC(C)OC(C)C(=O)c1ccccc1. The van der Waals surface area contributed by atoms with E-state index in [0.717, 1.165) is 12.0 Å². The molecule has 0 amide bonds. The maximum Gasteiger partial charge on any atom is 0.191 e. The highest BCUT2D eigenvalue weighted by Crippen LogP contribution is 2.12. The molecule has 1 aromatic carbocycles. The van der Waals surface area contributed by atoms with Crippen LogP contribution in [0.15, 0.2) is 30.3 Å². The van der Waals surface area contributed by atoms with Crippen molar-refractivity contribution in [1.29, 1.82) is 0 Å². The van der Waals surface area contributed by atoms with Crippen molar-refractivity contribution in [2.24, 2.45) is 0 Å².